The third-order valence-corrected chi connectivity index (χ3v) is 5.25. The van der Waals surface area contributed by atoms with E-state index in [4.69, 9.17) is 4.74 Å². The van der Waals surface area contributed by atoms with Crippen LogP contribution in [0.15, 0.2) is 24.3 Å². The molecule has 0 spiro atoms. The van der Waals surface area contributed by atoms with Crippen molar-refractivity contribution in [2.45, 2.75) is 45.1 Å². The van der Waals surface area contributed by atoms with E-state index in [-0.39, 0.29) is 17.9 Å². The Morgan fingerprint density at radius 2 is 1.88 bits per heavy atom. The van der Waals surface area contributed by atoms with Gasteiger partial charge in [-0.1, -0.05) is 17.7 Å². The molecule has 1 aromatic carbocycles. The molecule has 2 fully saturated rings. The van der Waals surface area contributed by atoms with Gasteiger partial charge in [-0.15, -0.1) is 0 Å². The summed E-state index contributed by atoms with van der Waals surface area (Å²) in [7, 11) is 0. The van der Waals surface area contributed by atoms with Crippen LogP contribution in [0.25, 0.3) is 0 Å². The van der Waals surface area contributed by atoms with E-state index in [0.29, 0.717) is 25.4 Å². The summed E-state index contributed by atoms with van der Waals surface area (Å²) in [6.45, 7) is 5.05. The van der Waals surface area contributed by atoms with E-state index in [0.717, 1.165) is 50.0 Å². The molecule has 136 valence electrons. The van der Waals surface area contributed by atoms with Crippen LogP contribution in [-0.2, 0) is 9.53 Å². The average Bonchev–Trinajstić information content (AvgIpc) is 3.14. The highest BCUT2D eigenvalue weighted by atomic mass is 16.5. The van der Waals surface area contributed by atoms with Crippen LogP contribution >= 0.6 is 0 Å². The van der Waals surface area contributed by atoms with Crippen LogP contribution in [0.1, 0.15) is 48.0 Å². The number of piperidine rings is 1. The first kappa shape index (κ1) is 17.9. The minimum atomic E-state index is 0.0889. The van der Waals surface area contributed by atoms with E-state index in [1.807, 2.05) is 36.1 Å². The molecule has 5 heteroatoms. The Labute approximate surface area is 149 Å². The standard InChI is InChI=1S/C20H28N2O3/c1-15-2-5-17(6-3-15)20(24)22-11-8-18(9-12-22)21-19(23)7-4-16-10-13-25-14-16/h2-3,5-6,16,18H,4,7-14H2,1H3,(H,21,23)/t16-/m0/s1. The van der Waals surface area contributed by atoms with Gasteiger partial charge >= 0.3 is 0 Å². The zero-order valence-corrected chi connectivity index (χ0v) is 15.0. The van der Waals surface area contributed by atoms with Crippen molar-refractivity contribution in [2.24, 2.45) is 5.92 Å². The van der Waals surface area contributed by atoms with Gasteiger partial charge in [-0.3, -0.25) is 9.59 Å². The summed E-state index contributed by atoms with van der Waals surface area (Å²) >= 11 is 0. The van der Waals surface area contributed by atoms with Crippen LogP contribution < -0.4 is 5.32 Å². The number of likely N-dealkylation sites (tertiary alicyclic amines) is 1. The number of carbonyl (C=O) groups is 2. The third kappa shape index (κ3) is 5.05. The molecule has 25 heavy (non-hydrogen) atoms. The van der Waals surface area contributed by atoms with Gasteiger partial charge in [-0.05, 0) is 50.7 Å². The number of amides is 2. The van der Waals surface area contributed by atoms with Gasteiger partial charge < -0.3 is 15.0 Å². The molecule has 2 aliphatic rings. The van der Waals surface area contributed by atoms with Gasteiger partial charge in [0.05, 0.1) is 0 Å². The van der Waals surface area contributed by atoms with Crippen molar-refractivity contribution in [1.29, 1.82) is 0 Å². The Morgan fingerprint density at radius 3 is 2.52 bits per heavy atom. The summed E-state index contributed by atoms with van der Waals surface area (Å²) in [5, 5.41) is 3.13. The minimum Gasteiger partial charge on any atom is -0.381 e. The number of nitrogens with one attached hydrogen (secondary N) is 1. The largest absolute Gasteiger partial charge is 0.381 e. The third-order valence-electron chi connectivity index (χ3n) is 5.25. The molecule has 2 saturated heterocycles. The number of benzene rings is 1. The number of hydrogen-bond acceptors (Lipinski definition) is 3. The molecule has 1 atom stereocenters. The van der Waals surface area contributed by atoms with Gasteiger partial charge in [0.25, 0.3) is 5.91 Å². The maximum absolute atomic E-state index is 12.5. The molecule has 0 aromatic heterocycles. The predicted octanol–water partition coefficient (Wildman–Crippen LogP) is 2.53. The normalized spacial score (nSPS) is 21.3. The molecule has 0 aliphatic carbocycles. The summed E-state index contributed by atoms with van der Waals surface area (Å²) < 4.78 is 5.35. The summed E-state index contributed by atoms with van der Waals surface area (Å²) in [5.41, 5.74) is 1.90. The second kappa shape index (κ2) is 8.48. The van der Waals surface area contributed by atoms with Gasteiger partial charge in [-0.25, -0.2) is 0 Å². The molecule has 5 nitrogen and oxygen atoms in total. The zero-order chi connectivity index (χ0) is 17.6. The maximum atomic E-state index is 12.5. The van der Waals surface area contributed by atoms with E-state index >= 15 is 0 Å². The van der Waals surface area contributed by atoms with Crippen molar-refractivity contribution in [3.63, 3.8) is 0 Å². The Kier molecular flexibility index (Phi) is 6.08. The molecule has 0 saturated carbocycles. The number of aryl methyl sites for hydroxylation is 1. The molecular weight excluding hydrogens is 316 g/mol. The van der Waals surface area contributed by atoms with E-state index in [1.165, 1.54) is 0 Å². The molecule has 2 heterocycles. The maximum Gasteiger partial charge on any atom is 0.253 e. The second-order valence-corrected chi connectivity index (χ2v) is 7.27. The number of hydrogen-bond donors (Lipinski definition) is 1. The molecule has 1 aromatic rings. The Balaban J connectivity index is 1.39. The molecular formula is C20H28N2O3. The number of rotatable bonds is 5. The quantitative estimate of drug-likeness (QED) is 0.893. The second-order valence-electron chi connectivity index (χ2n) is 7.27. The monoisotopic (exact) mass is 344 g/mol. The smallest absolute Gasteiger partial charge is 0.253 e. The van der Waals surface area contributed by atoms with Gasteiger partial charge in [0.1, 0.15) is 0 Å². The van der Waals surface area contributed by atoms with E-state index < -0.39 is 0 Å². The molecule has 2 amide bonds. The summed E-state index contributed by atoms with van der Waals surface area (Å²) in [5.74, 6) is 0.765. The van der Waals surface area contributed by atoms with Gasteiger partial charge in [0.15, 0.2) is 0 Å². The Bertz CT molecular complexity index is 585. The fourth-order valence-electron chi connectivity index (χ4n) is 3.55. The summed E-state index contributed by atoms with van der Waals surface area (Å²) in [6, 6.07) is 7.90. The average molecular weight is 344 g/mol. The lowest BCUT2D eigenvalue weighted by Gasteiger charge is -2.32. The van der Waals surface area contributed by atoms with Crippen molar-refractivity contribution in [2.75, 3.05) is 26.3 Å². The first-order chi connectivity index (χ1) is 12.1. The molecule has 1 N–H and O–H groups in total. The molecule has 0 radical (unpaired) electrons. The lowest BCUT2D eigenvalue weighted by atomic mass is 10.0. The first-order valence-corrected chi connectivity index (χ1v) is 9.35. The van der Waals surface area contributed by atoms with E-state index in [2.05, 4.69) is 5.32 Å². The van der Waals surface area contributed by atoms with Crippen molar-refractivity contribution >= 4 is 11.8 Å². The fourth-order valence-corrected chi connectivity index (χ4v) is 3.55. The molecule has 3 rings (SSSR count). The highest BCUT2D eigenvalue weighted by molar-refractivity contribution is 5.94. The molecule has 2 aliphatic heterocycles. The zero-order valence-electron chi connectivity index (χ0n) is 15.0. The summed E-state index contributed by atoms with van der Waals surface area (Å²) in [4.78, 5) is 26.5. The fraction of sp³-hybridized carbons (Fsp3) is 0.600. The van der Waals surface area contributed by atoms with Crippen molar-refractivity contribution in [1.82, 2.24) is 10.2 Å². The lowest BCUT2D eigenvalue weighted by molar-refractivity contribution is -0.122. The van der Waals surface area contributed by atoms with Crippen molar-refractivity contribution in [3.05, 3.63) is 35.4 Å². The van der Waals surface area contributed by atoms with Crippen LogP contribution in [0, 0.1) is 12.8 Å². The van der Waals surface area contributed by atoms with Crippen LogP contribution in [0.3, 0.4) is 0 Å². The summed E-state index contributed by atoms with van der Waals surface area (Å²) in [6.07, 6.45) is 4.23. The van der Waals surface area contributed by atoms with Gasteiger partial charge in [0, 0.05) is 44.3 Å². The topological polar surface area (TPSA) is 58.6 Å². The predicted molar refractivity (Wildman–Crippen MR) is 96.4 cm³/mol. The number of ether oxygens (including phenoxy) is 1. The lowest BCUT2D eigenvalue weighted by Crippen LogP contribution is -2.46. The van der Waals surface area contributed by atoms with Crippen molar-refractivity contribution < 1.29 is 14.3 Å². The van der Waals surface area contributed by atoms with Crippen LogP contribution in [0.4, 0.5) is 0 Å². The number of nitrogens with zero attached hydrogens (tertiary/aromatic N) is 1. The van der Waals surface area contributed by atoms with Crippen LogP contribution in [-0.4, -0.2) is 49.1 Å². The highest BCUT2D eigenvalue weighted by Crippen LogP contribution is 2.19. The van der Waals surface area contributed by atoms with Gasteiger partial charge in [-0.2, -0.15) is 0 Å². The molecule has 0 unspecified atom stereocenters. The number of carbonyl (C=O) groups excluding carboxylic acids is 2. The highest BCUT2D eigenvalue weighted by Gasteiger charge is 2.25. The van der Waals surface area contributed by atoms with E-state index in [9.17, 15) is 9.59 Å². The van der Waals surface area contributed by atoms with Crippen LogP contribution in [0.2, 0.25) is 0 Å². The van der Waals surface area contributed by atoms with Crippen molar-refractivity contribution in [3.8, 4) is 0 Å². The first-order valence-electron chi connectivity index (χ1n) is 9.35. The SMILES string of the molecule is Cc1ccc(C(=O)N2CCC(NC(=O)CC[C@H]3CCOC3)CC2)cc1. The Hall–Kier alpha value is -1.88. The van der Waals surface area contributed by atoms with Crippen LogP contribution in [0.5, 0.6) is 0 Å². The Morgan fingerprint density at radius 1 is 1.16 bits per heavy atom. The van der Waals surface area contributed by atoms with E-state index in [1.54, 1.807) is 0 Å². The van der Waals surface area contributed by atoms with Gasteiger partial charge in [0.2, 0.25) is 5.91 Å². The minimum absolute atomic E-state index is 0.0889. The molecule has 0 bridgehead atoms.